The fraction of sp³-hybridized carbons (Fsp3) is 0.280. The molecule has 8 nitrogen and oxygen atoms in total. The Balaban J connectivity index is 2.34. The highest BCUT2D eigenvalue weighted by Crippen LogP contribution is 2.42. The van der Waals surface area contributed by atoms with E-state index in [1.165, 1.54) is 43.1 Å². The quantitative estimate of drug-likeness (QED) is 0.225. The third-order valence-electron chi connectivity index (χ3n) is 5.70. The number of rotatable bonds is 8. The van der Waals surface area contributed by atoms with E-state index in [0.717, 1.165) is 25.7 Å². The number of aliphatic hydroxyl groups is 1. The second-order valence-electron chi connectivity index (χ2n) is 8.13. The summed E-state index contributed by atoms with van der Waals surface area (Å²) < 4.78 is 87.9. The fourth-order valence-electron chi connectivity index (χ4n) is 3.96. The number of ether oxygens (including phenoxy) is 2. The smallest absolute Gasteiger partial charge is 0.433 e. The SMILES string of the molecule is C/C=C(\N(C)C=N)C(O)(c1ccc(C(F)(F)F)nc1)c1ccc2nc(OC)c(OCC(F)(F)F)c(C#N)c2c1. The molecule has 3 rings (SSSR count). The first-order valence-electron chi connectivity index (χ1n) is 11.0. The van der Waals surface area contributed by atoms with Crippen LogP contribution < -0.4 is 9.47 Å². The number of allylic oxidation sites excluding steroid dienone is 1. The molecule has 2 N–H and O–H groups in total. The van der Waals surface area contributed by atoms with Crippen LogP contribution in [-0.2, 0) is 11.8 Å². The van der Waals surface area contributed by atoms with Crippen LogP contribution in [0.2, 0.25) is 0 Å². The molecule has 206 valence electrons. The van der Waals surface area contributed by atoms with Gasteiger partial charge in [0.2, 0.25) is 0 Å². The van der Waals surface area contributed by atoms with Crippen molar-refractivity contribution in [2.24, 2.45) is 0 Å². The second-order valence-corrected chi connectivity index (χ2v) is 8.13. The summed E-state index contributed by atoms with van der Waals surface area (Å²) in [4.78, 5) is 8.74. The van der Waals surface area contributed by atoms with Crippen LogP contribution in [0.5, 0.6) is 11.6 Å². The lowest BCUT2D eigenvalue weighted by Gasteiger charge is -2.35. The van der Waals surface area contributed by atoms with Gasteiger partial charge < -0.3 is 19.5 Å². The van der Waals surface area contributed by atoms with Crippen LogP contribution in [0.3, 0.4) is 0 Å². The van der Waals surface area contributed by atoms with E-state index in [-0.39, 0.29) is 39.2 Å². The summed E-state index contributed by atoms with van der Waals surface area (Å²) in [6, 6.07) is 7.43. The van der Waals surface area contributed by atoms with Crippen molar-refractivity contribution in [1.82, 2.24) is 14.9 Å². The summed E-state index contributed by atoms with van der Waals surface area (Å²) in [6.45, 7) is -0.214. The molecule has 0 saturated heterocycles. The first kappa shape index (κ1) is 29.2. The van der Waals surface area contributed by atoms with Gasteiger partial charge in [-0.3, -0.25) is 10.4 Å². The average Bonchev–Trinajstić information content (AvgIpc) is 2.89. The molecular formula is C25H21F6N5O3. The standard InChI is InChI=1S/C25H21F6N5O3/c1-4-20(36(2)13-33)24(37,15-6-8-19(34-11-15)25(29,30)31)14-5-7-18-16(9-14)17(10-32)21(22(35-18)38-3)39-12-23(26,27)28/h4-9,11,13,33,37H,12H2,1-3H3/b20-4-,33-13?. The number of fused-ring (bicyclic) bond motifs is 1. The van der Waals surface area contributed by atoms with Crippen LogP contribution in [0.15, 0.2) is 48.3 Å². The summed E-state index contributed by atoms with van der Waals surface area (Å²) in [6.07, 6.45) is -6.38. The van der Waals surface area contributed by atoms with Crippen molar-refractivity contribution in [3.05, 3.63) is 70.7 Å². The fourth-order valence-corrected chi connectivity index (χ4v) is 3.96. The van der Waals surface area contributed by atoms with E-state index in [2.05, 4.69) is 9.97 Å². The van der Waals surface area contributed by atoms with Crippen molar-refractivity contribution >= 4 is 17.2 Å². The molecule has 0 aliphatic heterocycles. The lowest BCUT2D eigenvalue weighted by molar-refractivity contribution is -0.153. The molecule has 39 heavy (non-hydrogen) atoms. The Morgan fingerprint density at radius 2 is 1.82 bits per heavy atom. The molecule has 0 radical (unpaired) electrons. The number of alkyl halides is 6. The highest BCUT2D eigenvalue weighted by atomic mass is 19.4. The van der Waals surface area contributed by atoms with Crippen LogP contribution in [0.1, 0.15) is 29.3 Å². The van der Waals surface area contributed by atoms with E-state index >= 15 is 0 Å². The maximum absolute atomic E-state index is 13.1. The second kappa shape index (κ2) is 10.8. The largest absolute Gasteiger partial charge is 0.478 e. The molecular weight excluding hydrogens is 532 g/mol. The van der Waals surface area contributed by atoms with Crippen LogP contribution in [0.4, 0.5) is 26.3 Å². The third kappa shape index (κ3) is 5.73. The zero-order chi connectivity index (χ0) is 29.2. The molecule has 0 bridgehead atoms. The maximum Gasteiger partial charge on any atom is 0.433 e. The number of nitrogens with zero attached hydrogens (tertiary/aromatic N) is 4. The Kier molecular flexibility index (Phi) is 8.06. The Morgan fingerprint density at radius 1 is 1.15 bits per heavy atom. The molecule has 0 spiro atoms. The highest BCUT2D eigenvalue weighted by molar-refractivity contribution is 5.89. The Labute approximate surface area is 218 Å². The third-order valence-corrected chi connectivity index (χ3v) is 5.70. The number of nitriles is 1. The summed E-state index contributed by atoms with van der Waals surface area (Å²) >= 11 is 0. The number of pyridine rings is 2. The van der Waals surface area contributed by atoms with Crippen molar-refractivity contribution in [3.8, 4) is 17.7 Å². The average molecular weight is 553 g/mol. The number of likely N-dealkylation sites (N-methyl/N-ethyl adjacent to an activating group) is 1. The molecule has 0 aliphatic rings. The number of benzene rings is 1. The summed E-state index contributed by atoms with van der Waals surface area (Å²) in [5, 5.41) is 29.5. The highest BCUT2D eigenvalue weighted by Gasteiger charge is 2.40. The van der Waals surface area contributed by atoms with Crippen LogP contribution in [0, 0.1) is 16.7 Å². The summed E-state index contributed by atoms with van der Waals surface area (Å²) in [5.74, 6) is -0.958. The van der Waals surface area contributed by atoms with E-state index in [4.69, 9.17) is 14.9 Å². The van der Waals surface area contributed by atoms with E-state index < -0.39 is 36.0 Å². The molecule has 1 unspecified atom stereocenters. The van der Waals surface area contributed by atoms with Gasteiger partial charge in [-0.1, -0.05) is 18.2 Å². The van der Waals surface area contributed by atoms with E-state index in [1.807, 2.05) is 0 Å². The zero-order valence-corrected chi connectivity index (χ0v) is 20.6. The van der Waals surface area contributed by atoms with Gasteiger partial charge >= 0.3 is 12.4 Å². The molecule has 0 fully saturated rings. The van der Waals surface area contributed by atoms with Gasteiger partial charge in [0.15, 0.2) is 18.0 Å². The van der Waals surface area contributed by atoms with Gasteiger partial charge in [0.05, 0.1) is 24.7 Å². The van der Waals surface area contributed by atoms with Crippen LogP contribution in [0.25, 0.3) is 10.9 Å². The van der Waals surface area contributed by atoms with Crippen molar-refractivity contribution in [3.63, 3.8) is 0 Å². The molecule has 0 amide bonds. The molecule has 2 heterocycles. The monoisotopic (exact) mass is 553 g/mol. The molecule has 2 aromatic heterocycles. The summed E-state index contributed by atoms with van der Waals surface area (Å²) in [7, 11) is 2.55. The Hall–Kier alpha value is -4.38. The summed E-state index contributed by atoms with van der Waals surface area (Å²) in [5.41, 5.74) is -3.81. The van der Waals surface area contributed by atoms with Crippen molar-refractivity contribution in [2.75, 3.05) is 20.8 Å². The topological polar surface area (TPSA) is 115 Å². The van der Waals surface area contributed by atoms with Gasteiger partial charge in [0, 0.05) is 24.2 Å². The van der Waals surface area contributed by atoms with Gasteiger partial charge in [-0.25, -0.2) is 4.98 Å². The number of aromatic nitrogens is 2. The van der Waals surface area contributed by atoms with Crippen molar-refractivity contribution in [1.29, 1.82) is 10.7 Å². The normalized spacial score (nSPS) is 13.9. The van der Waals surface area contributed by atoms with E-state index in [0.29, 0.717) is 6.07 Å². The number of methoxy groups -OCH3 is 1. The molecule has 1 atom stereocenters. The zero-order valence-electron chi connectivity index (χ0n) is 20.6. The molecule has 0 saturated carbocycles. The molecule has 0 aliphatic carbocycles. The maximum atomic E-state index is 13.1. The van der Waals surface area contributed by atoms with E-state index in [9.17, 15) is 36.7 Å². The number of halogens is 6. The van der Waals surface area contributed by atoms with Crippen molar-refractivity contribution in [2.45, 2.75) is 24.9 Å². The molecule has 3 aromatic rings. The lowest BCUT2D eigenvalue weighted by atomic mass is 9.82. The number of hydrogen-bond acceptors (Lipinski definition) is 7. The predicted molar refractivity (Wildman–Crippen MR) is 127 cm³/mol. The number of nitrogens with one attached hydrogen (secondary N) is 1. The molecule has 14 heteroatoms. The minimum absolute atomic E-state index is 0.0106. The first-order valence-corrected chi connectivity index (χ1v) is 11.0. The van der Waals surface area contributed by atoms with E-state index in [1.54, 1.807) is 6.07 Å². The van der Waals surface area contributed by atoms with Crippen molar-refractivity contribution < 1.29 is 40.9 Å². The Bertz CT molecular complexity index is 1450. The minimum atomic E-state index is -4.74. The molecule has 1 aromatic carbocycles. The van der Waals surface area contributed by atoms with Gasteiger partial charge in [0.1, 0.15) is 17.3 Å². The first-order chi connectivity index (χ1) is 18.2. The van der Waals surface area contributed by atoms with Crippen LogP contribution >= 0.6 is 0 Å². The minimum Gasteiger partial charge on any atom is -0.478 e. The van der Waals surface area contributed by atoms with Gasteiger partial charge in [0.25, 0.3) is 5.88 Å². The van der Waals surface area contributed by atoms with Crippen LogP contribution in [-0.4, -0.2) is 53.3 Å². The Morgan fingerprint density at radius 3 is 2.31 bits per heavy atom. The van der Waals surface area contributed by atoms with Gasteiger partial charge in [-0.15, -0.1) is 0 Å². The van der Waals surface area contributed by atoms with Gasteiger partial charge in [-0.2, -0.15) is 31.6 Å². The predicted octanol–water partition coefficient (Wildman–Crippen LogP) is 5.15. The lowest BCUT2D eigenvalue weighted by Crippen LogP contribution is -2.37. The number of hydrogen-bond donors (Lipinski definition) is 2. The van der Waals surface area contributed by atoms with Gasteiger partial charge in [-0.05, 0) is 30.7 Å².